The van der Waals surface area contributed by atoms with Gasteiger partial charge in [-0.2, -0.15) is 0 Å². The summed E-state index contributed by atoms with van der Waals surface area (Å²) in [5.74, 6) is 0.448. The molecule has 1 heterocycles. The summed E-state index contributed by atoms with van der Waals surface area (Å²) < 4.78 is 5.16. The molecule has 1 aromatic heterocycles. The van der Waals surface area contributed by atoms with Crippen LogP contribution in [0.25, 0.3) is 10.6 Å². The highest BCUT2D eigenvalue weighted by Gasteiger charge is 2.15. The van der Waals surface area contributed by atoms with Crippen molar-refractivity contribution in [1.29, 1.82) is 0 Å². The quantitative estimate of drug-likeness (QED) is 0.683. The number of carbonyl (C=O) groups is 2. The number of amides is 2. The highest BCUT2D eigenvalue weighted by atomic mass is 32.1. The molecule has 28 heavy (non-hydrogen) atoms. The lowest BCUT2D eigenvalue weighted by Gasteiger charge is -2.17. The third-order valence-corrected chi connectivity index (χ3v) is 5.18. The molecule has 3 aromatic rings. The van der Waals surface area contributed by atoms with E-state index in [1.807, 2.05) is 48.5 Å². The second-order valence-electron chi connectivity index (χ2n) is 6.25. The summed E-state index contributed by atoms with van der Waals surface area (Å²) in [4.78, 5) is 30.2. The lowest BCUT2D eigenvalue weighted by molar-refractivity contribution is -0.128. The Morgan fingerprint density at radius 1 is 1.14 bits per heavy atom. The van der Waals surface area contributed by atoms with Gasteiger partial charge in [0.1, 0.15) is 16.5 Å². The average Bonchev–Trinajstić information content (AvgIpc) is 3.20. The first kappa shape index (κ1) is 19.6. The van der Waals surface area contributed by atoms with Crippen molar-refractivity contribution in [2.45, 2.75) is 13.5 Å². The number of benzene rings is 2. The third-order valence-electron chi connectivity index (χ3n) is 4.28. The molecule has 0 aliphatic rings. The van der Waals surface area contributed by atoms with Crippen molar-refractivity contribution in [3.8, 4) is 16.3 Å². The molecule has 0 spiro atoms. The molecule has 3 rings (SSSR count). The van der Waals surface area contributed by atoms with Crippen LogP contribution in [0.5, 0.6) is 5.75 Å². The van der Waals surface area contributed by atoms with Crippen molar-refractivity contribution in [2.75, 3.05) is 19.5 Å². The van der Waals surface area contributed by atoms with Gasteiger partial charge in [0.2, 0.25) is 5.91 Å². The number of ether oxygens (including phenoxy) is 1. The van der Waals surface area contributed by atoms with E-state index in [0.29, 0.717) is 17.9 Å². The van der Waals surface area contributed by atoms with Gasteiger partial charge in [-0.15, -0.1) is 11.3 Å². The Morgan fingerprint density at radius 2 is 1.86 bits per heavy atom. The van der Waals surface area contributed by atoms with Crippen molar-refractivity contribution >= 4 is 28.8 Å². The van der Waals surface area contributed by atoms with Crippen LogP contribution in [-0.2, 0) is 11.3 Å². The van der Waals surface area contributed by atoms with Crippen LogP contribution in [0.1, 0.15) is 23.0 Å². The fourth-order valence-corrected chi connectivity index (χ4v) is 3.38. The molecule has 7 heteroatoms. The van der Waals surface area contributed by atoms with E-state index >= 15 is 0 Å². The third kappa shape index (κ3) is 4.55. The van der Waals surface area contributed by atoms with Crippen molar-refractivity contribution in [2.24, 2.45) is 0 Å². The number of hydrogen-bond donors (Lipinski definition) is 1. The average molecular weight is 395 g/mol. The number of aromatic nitrogens is 1. The minimum atomic E-state index is -0.283. The normalized spacial score (nSPS) is 10.4. The summed E-state index contributed by atoms with van der Waals surface area (Å²) in [5, 5.41) is 5.40. The van der Waals surface area contributed by atoms with Crippen LogP contribution in [0.3, 0.4) is 0 Å². The predicted octanol–water partition coefficient (Wildman–Crippen LogP) is 4.05. The number of carbonyl (C=O) groups excluding carboxylic acids is 2. The van der Waals surface area contributed by atoms with Gasteiger partial charge in [-0.25, -0.2) is 4.98 Å². The molecule has 0 atom stereocenters. The van der Waals surface area contributed by atoms with Crippen molar-refractivity contribution < 1.29 is 14.3 Å². The van der Waals surface area contributed by atoms with E-state index < -0.39 is 0 Å². The Bertz CT molecular complexity index is 983. The summed E-state index contributed by atoms with van der Waals surface area (Å²) in [5.41, 5.74) is 2.80. The first-order chi connectivity index (χ1) is 13.5. The molecule has 0 bridgehead atoms. The second kappa shape index (κ2) is 8.67. The Labute approximate surface area is 167 Å². The maximum absolute atomic E-state index is 12.7. The molecule has 0 unspecified atom stereocenters. The largest absolute Gasteiger partial charge is 0.497 e. The number of thiazole rings is 1. The molecule has 0 aliphatic heterocycles. The minimum Gasteiger partial charge on any atom is -0.497 e. The van der Waals surface area contributed by atoms with Gasteiger partial charge in [-0.05, 0) is 35.9 Å². The lowest BCUT2D eigenvalue weighted by atomic mass is 10.1. The van der Waals surface area contributed by atoms with E-state index in [2.05, 4.69) is 10.3 Å². The number of nitrogens with one attached hydrogen (secondary N) is 1. The van der Waals surface area contributed by atoms with Crippen LogP contribution < -0.4 is 10.1 Å². The summed E-state index contributed by atoms with van der Waals surface area (Å²) in [7, 11) is 3.34. The van der Waals surface area contributed by atoms with Gasteiger partial charge < -0.3 is 15.0 Å². The summed E-state index contributed by atoms with van der Waals surface area (Å²) in [6, 6.07) is 15.0. The summed E-state index contributed by atoms with van der Waals surface area (Å²) in [6.45, 7) is 1.93. The standard InChI is InChI=1S/C21H21N3O3S/c1-14(25)24(2)12-16-6-4-5-7-18(16)22-20(26)19-13-28-21(23-19)15-8-10-17(27-3)11-9-15/h4-11,13H,12H2,1-3H3,(H,22,26). The van der Waals surface area contributed by atoms with Crippen LogP contribution in [0, 0.1) is 0 Å². The van der Waals surface area contributed by atoms with E-state index in [0.717, 1.165) is 21.9 Å². The highest BCUT2D eigenvalue weighted by molar-refractivity contribution is 7.13. The molecule has 0 fully saturated rings. The molecule has 0 radical (unpaired) electrons. The molecule has 1 N–H and O–H groups in total. The Balaban J connectivity index is 1.75. The monoisotopic (exact) mass is 395 g/mol. The van der Waals surface area contributed by atoms with E-state index in [4.69, 9.17) is 4.74 Å². The zero-order valence-electron chi connectivity index (χ0n) is 15.9. The van der Waals surface area contributed by atoms with Gasteiger partial charge in [0, 0.05) is 37.1 Å². The smallest absolute Gasteiger partial charge is 0.275 e. The van der Waals surface area contributed by atoms with Crippen molar-refractivity contribution in [3.63, 3.8) is 0 Å². The van der Waals surface area contributed by atoms with Crippen molar-refractivity contribution in [3.05, 3.63) is 65.2 Å². The zero-order valence-corrected chi connectivity index (χ0v) is 16.7. The molecule has 0 saturated carbocycles. The van der Waals surface area contributed by atoms with Crippen molar-refractivity contribution in [1.82, 2.24) is 9.88 Å². The van der Waals surface area contributed by atoms with Crippen LogP contribution in [-0.4, -0.2) is 35.9 Å². The van der Waals surface area contributed by atoms with E-state index in [-0.39, 0.29) is 11.8 Å². The number of methoxy groups -OCH3 is 1. The Kier molecular flexibility index (Phi) is 6.06. The Hall–Kier alpha value is -3.19. The topological polar surface area (TPSA) is 71.5 Å². The summed E-state index contributed by atoms with van der Waals surface area (Å²) >= 11 is 1.41. The predicted molar refractivity (Wildman–Crippen MR) is 111 cm³/mol. The number of anilines is 1. The number of rotatable bonds is 6. The van der Waals surface area contributed by atoms with E-state index in [1.54, 1.807) is 24.4 Å². The first-order valence-electron chi connectivity index (χ1n) is 8.69. The van der Waals surface area contributed by atoms with E-state index in [9.17, 15) is 9.59 Å². The zero-order chi connectivity index (χ0) is 20.1. The molecule has 0 aliphatic carbocycles. The number of nitrogens with zero attached hydrogens (tertiary/aromatic N) is 2. The molecule has 2 aromatic carbocycles. The molecular formula is C21H21N3O3S. The number of para-hydroxylation sites is 1. The molecular weight excluding hydrogens is 374 g/mol. The van der Waals surface area contributed by atoms with E-state index in [1.165, 1.54) is 18.3 Å². The fraction of sp³-hybridized carbons (Fsp3) is 0.190. The first-order valence-corrected chi connectivity index (χ1v) is 9.57. The highest BCUT2D eigenvalue weighted by Crippen LogP contribution is 2.26. The van der Waals surface area contributed by atoms with Crippen LogP contribution >= 0.6 is 11.3 Å². The SMILES string of the molecule is COc1ccc(-c2nc(C(=O)Nc3ccccc3CN(C)C(C)=O)cs2)cc1. The fourth-order valence-electron chi connectivity index (χ4n) is 2.58. The Morgan fingerprint density at radius 3 is 2.54 bits per heavy atom. The molecule has 0 saturated heterocycles. The van der Waals surface area contributed by atoms with Crippen LogP contribution in [0.15, 0.2) is 53.9 Å². The molecule has 6 nitrogen and oxygen atoms in total. The second-order valence-corrected chi connectivity index (χ2v) is 7.11. The van der Waals surface area contributed by atoms with Gasteiger partial charge in [0.15, 0.2) is 0 Å². The lowest BCUT2D eigenvalue weighted by Crippen LogP contribution is -2.24. The minimum absolute atomic E-state index is 0.0373. The maximum Gasteiger partial charge on any atom is 0.275 e. The van der Waals surface area contributed by atoms with Gasteiger partial charge in [-0.1, -0.05) is 18.2 Å². The number of hydrogen-bond acceptors (Lipinski definition) is 5. The van der Waals surface area contributed by atoms with Gasteiger partial charge in [0.05, 0.1) is 7.11 Å². The molecule has 2 amide bonds. The van der Waals surface area contributed by atoms with Gasteiger partial charge >= 0.3 is 0 Å². The molecule has 144 valence electrons. The van der Waals surface area contributed by atoms with Gasteiger partial charge in [0.25, 0.3) is 5.91 Å². The summed E-state index contributed by atoms with van der Waals surface area (Å²) in [6.07, 6.45) is 0. The maximum atomic E-state index is 12.7. The van der Waals surface area contributed by atoms with Crippen LogP contribution in [0.4, 0.5) is 5.69 Å². The van der Waals surface area contributed by atoms with Gasteiger partial charge in [-0.3, -0.25) is 9.59 Å². The van der Waals surface area contributed by atoms with Crippen LogP contribution in [0.2, 0.25) is 0 Å².